The fraction of sp³-hybridized carbons (Fsp3) is 0.357. The lowest BCUT2D eigenvalue weighted by Crippen LogP contribution is -2.17. The van der Waals surface area contributed by atoms with Gasteiger partial charge in [0.25, 0.3) is 0 Å². The first-order valence-electron chi connectivity index (χ1n) is 6.21. The smallest absolute Gasteiger partial charge is 0.0533 e. The summed E-state index contributed by atoms with van der Waals surface area (Å²) in [5, 5.41) is 2.83. The third-order valence-corrected chi connectivity index (χ3v) is 4.70. The number of pyridine rings is 1. The maximum Gasteiger partial charge on any atom is 0.0533 e. The minimum absolute atomic E-state index is 0.625. The molecule has 0 aliphatic carbocycles. The van der Waals surface area contributed by atoms with Crippen molar-refractivity contribution in [3.63, 3.8) is 0 Å². The highest BCUT2D eigenvalue weighted by Gasteiger charge is 2.16. The Morgan fingerprint density at radius 1 is 1.22 bits per heavy atom. The van der Waals surface area contributed by atoms with Crippen LogP contribution in [0.2, 0.25) is 0 Å². The second kappa shape index (κ2) is 5.16. The van der Waals surface area contributed by atoms with E-state index < -0.39 is 0 Å². The van der Waals surface area contributed by atoms with Gasteiger partial charge in [-0.2, -0.15) is 0 Å². The van der Waals surface area contributed by atoms with Crippen molar-refractivity contribution in [2.75, 3.05) is 18.9 Å². The largest absolute Gasteiger partial charge is 0.397 e. The van der Waals surface area contributed by atoms with Gasteiger partial charge in [-0.15, -0.1) is 11.8 Å². The number of nitrogens with two attached hydrogens (primary N) is 1. The van der Waals surface area contributed by atoms with E-state index in [4.69, 9.17) is 10.5 Å². The van der Waals surface area contributed by atoms with Crippen molar-refractivity contribution in [1.82, 2.24) is 4.98 Å². The van der Waals surface area contributed by atoms with Crippen LogP contribution in [0.1, 0.15) is 12.8 Å². The maximum atomic E-state index is 6.26. The Bertz CT molecular complexity index is 552. The van der Waals surface area contributed by atoms with E-state index in [-0.39, 0.29) is 0 Å². The molecule has 1 aromatic carbocycles. The first-order valence-corrected chi connectivity index (χ1v) is 7.09. The summed E-state index contributed by atoms with van der Waals surface area (Å²) in [5.41, 5.74) is 7.14. The van der Waals surface area contributed by atoms with Crippen LogP contribution in [-0.2, 0) is 4.74 Å². The number of thioether (sulfide) groups is 1. The highest BCUT2D eigenvalue weighted by atomic mass is 32.2. The Morgan fingerprint density at radius 3 is 2.89 bits per heavy atom. The SMILES string of the molecule is Nc1c(SC2CCOCC2)ccc2cnccc12. The number of ether oxygens (including phenoxy) is 1. The quantitative estimate of drug-likeness (QED) is 0.843. The maximum absolute atomic E-state index is 6.26. The number of hydrogen-bond donors (Lipinski definition) is 1. The van der Waals surface area contributed by atoms with Gasteiger partial charge >= 0.3 is 0 Å². The predicted octanol–water partition coefficient (Wildman–Crippen LogP) is 3.09. The summed E-state index contributed by atoms with van der Waals surface area (Å²) >= 11 is 1.88. The van der Waals surface area contributed by atoms with Crippen molar-refractivity contribution in [3.05, 3.63) is 30.6 Å². The van der Waals surface area contributed by atoms with E-state index in [1.165, 1.54) is 4.90 Å². The molecule has 3 rings (SSSR count). The van der Waals surface area contributed by atoms with Crippen molar-refractivity contribution in [3.8, 4) is 0 Å². The van der Waals surface area contributed by atoms with Gasteiger partial charge in [0.1, 0.15) is 0 Å². The summed E-state index contributed by atoms with van der Waals surface area (Å²) in [6.45, 7) is 1.74. The van der Waals surface area contributed by atoms with Crippen LogP contribution in [0.5, 0.6) is 0 Å². The van der Waals surface area contributed by atoms with Crippen LogP contribution in [0.25, 0.3) is 10.8 Å². The summed E-state index contributed by atoms with van der Waals surface area (Å²) < 4.78 is 5.39. The number of hydrogen-bond acceptors (Lipinski definition) is 4. The first-order chi connectivity index (χ1) is 8.84. The van der Waals surface area contributed by atoms with E-state index in [2.05, 4.69) is 17.1 Å². The third-order valence-electron chi connectivity index (χ3n) is 3.28. The number of anilines is 1. The van der Waals surface area contributed by atoms with Gasteiger partial charge in [0.05, 0.1) is 5.69 Å². The molecule has 1 aliphatic heterocycles. The number of aromatic nitrogens is 1. The van der Waals surface area contributed by atoms with Gasteiger partial charge in [0.2, 0.25) is 0 Å². The van der Waals surface area contributed by atoms with Crippen molar-refractivity contribution in [2.24, 2.45) is 0 Å². The molecular formula is C14H16N2OS. The van der Waals surface area contributed by atoms with Crippen LogP contribution in [0, 0.1) is 0 Å². The van der Waals surface area contributed by atoms with E-state index >= 15 is 0 Å². The molecule has 3 nitrogen and oxygen atoms in total. The lowest BCUT2D eigenvalue weighted by molar-refractivity contribution is 0.100. The molecule has 0 amide bonds. The molecule has 2 aromatic rings. The number of rotatable bonds is 2. The van der Waals surface area contributed by atoms with E-state index in [0.29, 0.717) is 5.25 Å². The van der Waals surface area contributed by atoms with Crippen LogP contribution in [0.15, 0.2) is 35.5 Å². The zero-order chi connectivity index (χ0) is 12.4. The standard InChI is InChI=1S/C14H16N2OS/c15-14-12-3-6-16-9-10(12)1-2-13(14)18-11-4-7-17-8-5-11/h1-3,6,9,11H,4-5,7-8,15H2. The molecule has 0 radical (unpaired) electrons. The number of nitrogen functional groups attached to an aromatic ring is 1. The molecule has 0 spiro atoms. The van der Waals surface area contributed by atoms with E-state index in [1.807, 2.05) is 24.0 Å². The van der Waals surface area contributed by atoms with Crippen molar-refractivity contribution in [2.45, 2.75) is 23.0 Å². The van der Waals surface area contributed by atoms with Gasteiger partial charge in [0.15, 0.2) is 0 Å². The van der Waals surface area contributed by atoms with Crippen LogP contribution >= 0.6 is 11.8 Å². The van der Waals surface area contributed by atoms with Crippen molar-refractivity contribution >= 4 is 28.2 Å². The van der Waals surface area contributed by atoms with E-state index in [0.717, 1.165) is 42.5 Å². The summed E-state index contributed by atoms with van der Waals surface area (Å²) in [6, 6.07) is 6.19. The van der Waals surface area contributed by atoms with Crippen LogP contribution in [-0.4, -0.2) is 23.4 Å². The van der Waals surface area contributed by atoms with Crippen LogP contribution in [0.4, 0.5) is 5.69 Å². The average Bonchev–Trinajstić information content (AvgIpc) is 2.43. The summed E-state index contributed by atoms with van der Waals surface area (Å²) in [7, 11) is 0. The van der Waals surface area contributed by atoms with Gasteiger partial charge in [0, 0.05) is 46.5 Å². The minimum Gasteiger partial charge on any atom is -0.397 e. The van der Waals surface area contributed by atoms with Crippen LogP contribution in [0.3, 0.4) is 0 Å². The molecule has 0 unspecified atom stereocenters. The lowest BCUT2D eigenvalue weighted by atomic mass is 10.1. The second-order valence-electron chi connectivity index (χ2n) is 4.50. The van der Waals surface area contributed by atoms with Crippen LogP contribution < -0.4 is 5.73 Å². The number of nitrogens with zero attached hydrogens (tertiary/aromatic N) is 1. The number of benzene rings is 1. The topological polar surface area (TPSA) is 48.1 Å². The first kappa shape index (κ1) is 11.8. The Labute approximate surface area is 111 Å². The molecule has 0 bridgehead atoms. The molecule has 1 saturated heterocycles. The second-order valence-corrected chi connectivity index (χ2v) is 5.85. The summed E-state index contributed by atoms with van der Waals surface area (Å²) in [6.07, 6.45) is 5.87. The van der Waals surface area contributed by atoms with Crippen molar-refractivity contribution < 1.29 is 4.74 Å². The lowest BCUT2D eigenvalue weighted by Gasteiger charge is -2.22. The molecule has 1 aromatic heterocycles. The van der Waals surface area contributed by atoms with Gasteiger partial charge < -0.3 is 10.5 Å². The normalized spacial score (nSPS) is 17.1. The Balaban J connectivity index is 1.89. The molecular weight excluding hydrogens is 244 g/mol. The number of fused-ring (bicyclic) bond motifs is 1. The van der Waals surface area contributed by atoms with Crippen molar-refractivity contribution in [1.29, 1.82) is 0 Å². The minimum atomic E-state index is 0.625. The van der Waals surface area contributed by atoms with Gasteiger partial charge in [-0.3, -0.25) is 4.98 Å². The molecule has 2 heterocycles. The molecule has 0 atom stereocenters. The zero-order valence-corrected chi connectivity index (χ0v) is 11.0. The molecule has 1 aliphatic rings. The highest BCUT2D eigenvalue weighted by molar-refractivity contribution is 8.00. The van der Waals surface area contributed by atoms with E-state index in [1.54, 1.807) is 6.20 Å². The predicted molar refractivity (Wildman–Crippen MR) is 75.9 cm³/mol. The Morgan fingerprint density at radius 2 is 2.06 bits per heavy atom. The molecule has 0 saturated carbocycles. The zero-order valence-electron chi connectivity index (χ0n) is 10.1. The fourth-order valence-corrected chi connectivity index (χ4v) is 3.42. The summed E-state index contributed by atoms with van der Waals surface area (Å²) in [5.74, 6) is 0. The average molecular weight is 260 g/mol. The van der Waals surface area contributed by atoms with E-state index in [9.17, 15) is 0 Å². The third kappa shape index (κ3) is 2.31. The monoisotopic (exact) mass is 260 g/mol. The molecule has 1 fully saturated rings. The molecule has 94 valence electrons. The van der Waals surface area contributed by atoms with Gasteiger partial charge in [-0.1, -0.05) is 6.07 Å². The highest BCUT2D eigenvalue weighted by Crippen LogP contribution is 2.36. The fourth-order valence-electron chi connectivity index (χ4n) is 2.25. The van der Waals surface area contributed by atoms with Gasteiger partial charge in [-0.25, -0.2) is 0 Å². The van der Waals surface area contributed by atoms with Gasteiger partial charge in [-0.05, 0) is 25.0 Å². The molecule has 18 heavy (non-hydrogen) atoms. The molecule has 4 heteroatoms. The Kier molecular flexibility index (Phi) is 3.39. The Hall–Kier alpha value is -1.26. The summed E-state index contributed by atoms with van der Waals surface area (Å²) in [4.78, 5) is 5.30. The molecule has 2 N–H and O–H groups in total.